The quantitative estimate of drug-likeness (QED) is 0.866. The molecule has 0 N–H and O–H groups in total. The van der Waals surface area contributed by atoms with Gasteiger partial charge in [0.1, 0.15) is 5.76 Å². The average molecular weight is 286 g/mol. The number of benzene rings is 1. The van der Waals surface area contributed by atoms with Gasteiger partial charge in [-0.15, -0.1) is 0 Å². The van der Waals surface area contributed by atoms with Crippen LogP contribution in [0.15, 0.2) is 28.7 Å². The maximum Gasteiger partial charge on any atom is 0.226 e. The summed E-state index contributed by atoms with van der Waals surface area (Å²) in [4.78, 5) is 6.97. The van der Waals surface area contributed by atoms with Crippen molar-refractivity contribution in [2.45, 2.75) is 26.8 Å². The molecule has 1 aromatic carbocycles. The van der Waals surface area contributed by atoms with Gasteiger partial charge >= 0.3 is 0 Å². The number of rotatable bonds is 4. The second-order valence-corrected chi connectivity index (χ2v) is 5.46. The number of nitrogens with zero attached hydrogens (tertiary/aromatic N) is 2. The van der Waals surface area contributed by atoms with Crippen molar-refractivity contribution >= 4 is 0 Å². The van der Waals surface area contributed by atoms with E-state index in [9.17, 15) is 0 Å². The van der Waals surface area contributed by atoms with Crippen LogP contribution in [0.25, 0.3) is 11.5 Å². The highest BCUT2D eigenvalue weighted by Gasteiger charge is 2.12. The molecule has 0 saturated carbocycles. The highest BCUT2D eigenvalue weighted by atomic mass is 16.5. The van der Waals surface area contributed by atoms with Crippen molar-refractivity contribution in [1.82, 2.24) is 9.88 Å². The molecule has 3 rings (SSSR count). The Hall–Kier alpha value is -1.65. The van der Waals surface area contributed by atoms with E-state index < -0.39 is 0 Å². The lowest BCUT2D eigenvalue weighted by molar-refractivity contribution is 0.0342. The molecule has 1 aliphatic rings. The molecule has 2 aromatic rings. The van der Waals surface area contributed by atoms with E-state index in [-0.39, 0.29) is 0 Å². The fourth-order valence-electron chi connectivity index (χ4n) is 2.65. The highest BCUT2D eigenvalue weighted by molar-refractivity contribution is 5.54. The first kappa shape index (κ1) is 14.3. The van der Waals surface area contributed by atoms with Crippen LogP contribution in [-0.2, 0) is 17.7 Å². The Morgan fingerprint density at radius 3 is 2.48 bits per heavy atom. The molecule has 0 aliphatic carbocycles. The minimum absolute atomic E-state index is 0.724. The third kappa shape index (κ3) is 3.34. The third-order valence-corrected chi connectivity index (χ3v) is 3.94. The number of oxazole rings is 1. The molecule has 0 amide bonds. The van der Waals surface area contributed by atoms with Crippen LogP contribution in [0.4, 0.5) is 0 Å². The highest BCUT2D eigenvalue weighted by Crippen LogP contribution is 2.22. The maximum atomic E-state index is 5.74. The predicted molar refractivity (Wildman–Crippen MR) is 82.2 cm³/mol. The lowest BCUT2D eigenvalue weighted by Crippen LogP contribution is -2.35. The van der Waals surface area contributed by atoms with Gasteiger partial charge in [-0.2, -0.15) is 0 Å². The van der Waals surface area contributed by atoms with Crippen LogP contribution in [0.1, 0.15) is 23.9 Å². The minimum atomic E-state index is 0.724. The summed E-state index contributed by atoms with van der Waals surface area (Å²) in [5, 5.41) is 0. The molecular weight excluding hydrogens is 264 g/mol. The molecule has 0 atom stereocenters. The monoisotopic (exact) mass is 286 g/mol. The van der Waals surface area contributed by atoms with Crippen molar-refractivity contribution < 1.29 is 9.15 Å². The molecule has 1 fully saturated rings. The molecule has 1 aromatic heterocycles. The number of hydrogen-bond donors (Lipinski definition) is 0. The van der Waals surface area contributed by atoms with E-state index in [4.69, 9.17) is 9.15 Å². The van der Waals surface area contributed by atoms with E-state index in [0.29, 0.717) is 0 Å². The molecule has 1 aliphatic heterocycles. The van der Waals surface area contributed by atoms with Crippen LogP contribution in [0.2, 0.25) is 0 Å². The second-order valence-electron chi connectivity index (χ2n) is 5.46. The van der Waals surface area contributed by atoms with E-state index in [0.717, 1.165) is 62.2 Å². The Bertz CT molecular complexity index is 583. The number of ether oxygens (including phenoxy) is 1. The molecule has 2 heterocycles. The molecule has 1 saturated heterocycles. The summed E-state index contributed by atoms with van der Waals surface area (Å²) in [5.74, 6) is 1.65. The Balaban J connectivity index is 1.70. The number of aryl methyl sites for hydroxylation is 2. The summed E-state index contributed by atoms with van der Waals surface area (Å²) in [7, 11) is 0. The molecule has 4 heteroatoms. The van der Waals surface area contributed by atoms with Gasteiger partial charge in [-0.25, -0.2) is 4.98 Å². The average Bonchev–Trinajstić information content (AvgIpc) is 2.90. The fraction of sp³-hybridized carbons (Fsp3) is 0.471. The molecule has 0 bridgehead atoms. The second kappa shape index (κ2) is 6.41. The van der Waals surface area contributed by atoms with Crippen LogP contribution in [0, 0.1) is 6.92 Å². The van der Waals surface area contributed by atoms with Crippen molar-refractivity contribution in [2.75, 3.05) is 26.3 Å². The summed E-state index contributed by atoms with van der Waals surface area (Å²) >= 11 is 0. The lowest BCUT2D eigenvalue weighted by atomic mass is 10.1. The van der Waals surface area contributed by atoms with Gasteiger partial charge in [0.25, 0.3) is 0 Å². The van der Waals surface area contributed by atoms with Crippen LogP contribution in [0.3, 0.4) is 0 Å². The number of morpholine rings is 1. The van der Waals surface area contributed by atoms with Gasteiger partial charge in [0.2, 0.25) is 5.89 Å². The van der Waals surface area contributed by atoms with Crippen LogP contribution >= 0.6 is 0 Å². The van der Waals surface area contributed by atoms with Gasteiger partial charge in [0, 0.05) is 25.2 Å². The van der Waals surface area contributed by atoms with Crippen molar-refractivity contribution in [3.05, 3.63) is 41.3 Å². The van der Waals surface area contributed by atoms with E-state index in [1.54, 1.807) is 0 Å². The van der Waals surface area contributed by atoms with E-state index in [1.807, 2.05) is 6.92 Å². The van der Waals surface area contributed by atoms with E-state index in [1.165, 1.54) is 5.56 Å². The van der Waals surface area contributed by atoms with Gasteiger partial charge < -0.3 is 9.15 Å². The molecule has 0 radical (unpaired) electrons. The maximum absolute atomic E-state index is 5.74. The van der Waals surface area contributed by atoms with Crippen LogP contribution in [0.5, 0.6) is 0 Å². The van der Waals surface area contributed by atoms with Crippen LogP contribution < -0.4 is 0 Å². The smallest absolute Gasteiger partial charge is 0.226 e. The van der Waals surface area contributed by atoms with Crippen molar-refractivity contribution in [2.24, 2.45) is 0 Å². The lowest BCUT2D eigenvalue weighted by Gasteiger charge is -2.26. The van der Waals surface area contributed by atoms with E-state index in [2.05, 4.69) is 41.1 Å². The largest absolute Gasteiger partial charge is 0.441 e. The normalized spacial score (nSPS) is 16.3. The molecule has 112 valence electrons. The van der Waals surface area contributed by atoms with Crippen LogP contribution in [-0.4, -0.2) is 36.2 Å². The van der Waals surface area contributed by atoms with E-state index >= 15 is 0 Å². The first-order valence-electron chi connectivity index (χ1n) is 7.62. The summed E-state index contributed by atoms with van der Waals surface area (Å²) in [6.45, 7) is 8.76. The van der Waals surface area contributed by atoms with Crippen molar-refractivity contribution in [1.29, 1.82) is 0 Å². The van der Waals surface area contributed by atoms with Gasteiger partial charge in [0.05, 0.1) is 18.9 Å². The molecule has 4 nitrogen and oxygen atoms in total. The standard InChI is InChI=1S/C17H22N2O2/c1-3-16-13(2)21-17(18-16)15-6-4-14(5-7-15)12-19-8-10-20-11-9-19/h4-7H,3,8-12H2,1-2H3. The fourth-order valence-corrected chi connectivity index (χ4v) is 2.65. The molecule has 0 spiro atoms. The third-order valence-electron chi connectivity index (χ3n) is 3.94. The Kier molecular flexibility index (Phi) is 4.36. The van der Waals surface area contributed by atoms with Gasteiger partial charge in [-0.05, 0) is 31.0 Å². The van der Waals surface area contributed by atoms with Gasteiger partial charge in [-0.3, -0.25) is 4.90 Å². The molecule has 0 unspecified atom stereocenters. The first-order valence-corrected chi connectivity index (χ1v) is 7.62. The predicted octanol–water partition coefficient (Wildman–Crippen LogP) is 3.04. The SMILES string of the molecule is CCc1nc(-c2ccc(CN3CCOCC3)cc2)oc1C. The summed E-state index contributed by atoms with van der Waals surface area (Å²) < 4.78 is 11.1. The zero-order valence-electron chi connectivity index (χ0n) is 12.8. The Labute approximate surface area is 125 Å². The topological polar surface area (TPSA) is 38.5 Å². The summed E-state index contributed by atoms with van der Waals surface area (Å²) in [6, 6.07) is 8.52. The Morgan fingerprint density at radius 1 is 1.14 bits per heavy atom. The van der Waals surface area contributed by atoms with Crippen molar-refractivity contribution in [3.63, 3.8) is 0 Å². The Morgan fingerprint density at radius 2 is 1.86 bits per heavy atom. The first-order chi connectivity index (χ1) is 10.3. The van der Waals surface area contributed by atoms with Gasteiger partial charge in [0.15, 0.2) is 0 Å². The zero-order valence-corrected chi connectivity index (χ0v) is 12.8. The number of aromatic nitrogens is 1. The zero-order chi connectivity index (χ0) is 14.7. The minimum Gasteiger partial charge on any atom is -0.441 e. The summed E-state index contributed by atoms with van der Waals surface area (Å²) in [5.41, 5.74) is 3.41. The molecule has 21 heavy (non-hydrogen) atoms. The van der Waals surface area contributed by atoms with Gasteiger partial charge in [-0.1, -0.05) is 19.1 Å². The summed E-state index contributed by atoms with van der Waals surface area (Å²) in [6.07, 6.45) is 0.907. The van der Waals surface area contributed by atoms with Crippen molar-refractivity contribution in [3.8, 4) is 11.5 Å². The number of hydrogen-bond acceptors (Lipinski definition) is 4. The molecular formula is C17H22N2O2.